The van der Waals surface area contributed by atoms with Crippen molar-refractivity contribution < 1.29 is 0 Å². The zero-order chi connectivity index (χ0) is 13.1. The Hall–Kier alpha value is -2.61. The monoisotopic (exact) mass is 256 g/mol. The van der Waals surface area contributed by atoms with Crippen LogP contribution in [0.3, 0.4) is 0 Å². The van der Waals surface area contributed by atoms with Gasteiger partial charge in [0.1, 0.15) is 5.65 Å². The van der Waals surface area contributed by atoms with E-state index in [9.17, 15) is 0 Å². The van der Waals surface area contributed by atoms with Crippen LogP contribution in [0.2, 0.25) is 0 Å². The first-order valence-electron chi connectivity index (χ1n) is 6.90. The Morgan fingerprint density at radius 2 is 1.95 bits per heavy atom. The minimum Gasteiger partial charge on any atom is -0.299 e. The highest BCUT2D eigenvalue weighted by Gasteiger charge is 2.15. The summed E-state index contributed by atoms with van der Waals surface area (Å²) in [7, 11) is 0. The van der Waals surface area contributed by atoms with Crippen molar-refractivity contribution in [2.75, 3.05) is 0 Å². The summed E-state index contributed by atoms with van der Waals surface area (Å²) in [4.78, 5) is 4.84. The van der Waals surface area contributed by atoms with Gasteiger partial charge < -0.3 is 0 Å². The molecule has 0 N–H and O–H groups in total. The topological polar surface area (TPSA) is 17.3 Å². The molecule has 20 heavy (non-hydrogen) atoms. The lowest BCUT2D eigenvalue weighted by molar-refractivity contribution is 1.18. The average Bonchev–Trinajstić information content (AvgIpc) is 2.87. The summed E-state index contributed by atoms with van der Waals surface area (Å²) in [5, 5.41) is 2.65. The van der Waals surface area contributed by atoms with Crippen LogP contribution in [-0.4, -0.2) is 9.38 Å². The fourth-order valence-electron chi connectivity index (χ4n) is 3.32. The Morgan fingerprint density at radius 3 is 2.95 bits per heavy atom. The van der Waals surface area contributed by atoms with Crippen LogP contribution < -0.4 is 0 Å². The quantitative estimate of drug-likeness (QED) is 0.460. The first-order valence-corrected chi connectivity index (χ1v) is 6.90. The molecule has 0 unspecified atom stereocenters. The molecule has 1 aliphatic carbocycles. The smallest absolute Gasteiger partial charge is 0.142 e. The third kappa shape index (κ3) is 1.16. The third-order valence-corrected chi connectivity index (χ3v) is 4.18. The van der Waals surface area contributed by atoms with Crippen molar-refractivity contribution in [3.05, 3.63) is 65.9 Å². The van der Waals surface area contributed by atoms with E-state index in [1.807, 2.05) is 6.07 Å². The number of nitrogens with zero attached hydrogens (tertiary/aromatic N) is 2. The summed E-state index contributed by atoms with van der Waals surface area (Å²) in [5.74, 6) is 0. The zero-order valence-electron chi connectivity index (χ0n) is 10.9. The Balaban J connectivity index is 2.11. The van der Waals surface area contributed by atoms with E-state index in [2.05, 4.69) is 59.1 Å². The molecule has 0 spiro atoms. The van der Waals surface area contributed by atoms with Crippen molar-refractivity contribution in [3.8, 4) is 0 Å². The van der Waals surface area contributed by atoms with E-state index in [0.717, 1.165) is 17.6 Å². The standard InChI is InChI=1S/C18H12N2/c1-2-10-16-15(9-1)19-18-14-8-4-6-12-5-3-7-13(17(12)14)11-20(16)18/h1-7,9-11H,8H2. The highest BCUT2D eigenvalue weighted by Crippen LogP contribution is 2.32. The molecule has 0 amide bonds. The first-order chi connectivity index (χ1) is 9.92. The maximum atomic E-state index is 4.84. The van der Waals surface area contributed by atoms with Crippen molar-refractivity contribution in [1.29, 1.82) is 0 Å². The second-order valence-electron chi connectivity index (χ2n) is 5.32. The number of hydrogen-bond donors (Lipinski definition) is 0. The largest absolute Gasteiger partial charge is 0.299 e. The van der Waals surface area contributed by atoms with E-state index < -0.39 is 0 Å². The van der Waals surface area contributed by atoms with Crippen LogP contribution in [0.1, 0.15) is 11.1 Å². The minimum atomic E-state index is 0.959. The van der Waals surface area contributed by atoms with Gasteiger partial charge in [-0.3, -0.25) is 4.40 Å². The number of aromatic nitrogens is 2. The molecule has 2 aromatic heterocycles. The van der Waals surface area contributed by atoms with Gasteiger partial charge in [-0.25, -0.2) is 4.98 Å². The molecule has 4 aromatic rings. The number of benzene rings is 2. The van der Waals surface area contributed by atoms with Crippen LogP contribution >= 0.6 is 0 Å². The van der Waals surface area contributed by atoms with Gasteiger partial charge in [0.2, 0.25) is 0 Å². The summed E-state index contributed by atoms with van der Waals surface area (Å²) in [6.45, 7) is 0. The Morgan fingerprint density at radius 1 is 1.00 bits per heavy atom. The Labute approximate surface area is 116 Å². The molecule has 2 nitrogen and oxygen atoms in total. The molecule has 0 radical (unpaired) electrons. The second-order valence-corrected chi connectivity index (χ2v) is 5.32. The molecule has 94 valence electrons. The highest BCUT2D eigenvalue weighted by atomic mass is 15.0. The first kappa shape index (κ1) is 10.2. The van der Waals surface area contributed by atoms with Crippen LogP contribution in [-0.2, 0) is 6.42 Å². The van der Waals surface area contributed by atoms with Crippen molar-refractivity contribution in [3.63, 3.8) is 0 Å². The number of fused-ring (bicyclic) bond motifs is 4. The molecule has 0 fully saturated rings. The van der Waals surface area contributed by atoms with E-state index in [1.165, 1.54) is 27.4 Å². The van der Waals surface area contributed by atoms with Crippen LogP contribution in [0.15, 0.2) is 54.7 Å². The molecule has 5 rings (SSSR count). The van der Waals surface area contributed by atoms with Gasteiger partial charge in [0.25, 0.3) is 0 Å². The van der Waals surface area contributed by atoms with Crippen LogP contribution in [0.25, 0.3) is 33.5 Å². The van der Waals surface area contributed by atoms with Gasteiger partial charge in [0, 0.05) is 11.8 Å². The molecule has 0 saturated heterocycles. The maximum Gasteiger partial charge on any atom is 0.142 e. The molecule has 0 atom stereocenters. The van der Waals surface area contributed by atoms with Crippen molar-refractivity contribution in [2.45, 2.75) is 6.42 Å². The molecule has 2 heterocycles. The molecule has 0 saturated carbocycles. The average molecular weight is 256 g/mol. The Bertz CT molecular complexity index is 1020. The maximum absolute atomic E-state index is 4.84. The summed E-state index contributed by atoms with van der Waals surface area (Å²) in [5.41, 5.74) is 5.99. The predicted molar refractivity (Wildman–Crippen MR) is 82.9 cm³/mol. The van der Waals surface area contributed by atoms with E-state index in [1.54, 1.807) is 0 Å². The van der Waals surface area contributed by atoms with Crippen LogP contribution in [0.4, 0.5) is 0 Å². The Kier molecular flexibility index (Phi) is 1.78. The highest BCUT2D eigenvalue weighted by molar-refractivity contribution is 5.99. The van der Waals surface area contributed by atoms with Gasteiger partial charge in [0.15, 0.2) is 0 Å². The number of rotatable bonds is 0. The SMILES string of the molecule is C1=Cc2cccc3cn4c(nc5ccccc54)c(c23)C1. The number of pyridine rings is 1. The fourth-order valence-corrected chi connectivity index (χ4v) is 3.32. The summed E-state index contributed by atoms with van der Waals surface area (Å²) in [6.07, 6.45) is 7.62. The van der Waals surface area contributed by atoms with E-state index in [-0.39, 0.29) is 0 Å². The van der Waals surface area contributed by atoms with Gasteiger partial charge in [-0.1, -0.05) is 42.5 Å². The van der Waals surface area contributed by atoms with E-state index in [0.29, 0.717) is 0 Å². The molecule has 2 heteroatoms. The minimum absolute atomic E-state index is 0.959. The molecule has 2 aromatic carbocycles. The summed E-state index contributed by atoms with van der Waals surface area (Å²) >= 11 is 0. The molecular weight excluding hydrogens is 244 g/mol. The van der Waals surface area contributed by atoms with Crippen molar-refractivity contribution in [1.82, 2.24) is 9.38 Å². The lowest BCUT2D eigenvalue weighted by Gasteiger charge is -2.14. The van der Waals surface area contributed by atoms with Crippen LogP contribution in [0.5, 0.6) is 0 Å². The lowest BCUT2D eigenvalue weighted by Crippen LogP contribution is -1.98. The number of hydrogen-bond acceptors (Lipinski definition) is 1. The van der Waals surface area contributed by atoms with E-state index in [4.69, 9.17) is 4.98 Å². The van der Waals surface area contributed by atoms with Gasteiger partial charge in [-0.05, 0) is 34.9 Å². The van der Waals surface area contributed by atoms with Gasteiger partial charge in [0.05, 0.1) is 11.0 Å². The second kappa shape index (κ2) is 3.48. The summed E-state index contributed by atoms with van der Waals surface area (Å²) < 4.78 is 2.23. The van der Waals surface area contributed by atoms with Gasteiger partial charge in [-0.2, -0.15) is 0 Å². The zero-order valence-corrected chi connectivity index (χ0v) is 10.9. The van der Waals surface area contributed by atoms with Gasteiger partial charge in [-0.15, -0.1) is 0 Å². The normalized spacial score (nSPS) is 13.6. The van der Waals surface area contributed by atoms with Crippen molar-refractivity contribution >= 4 is 33.5 Å². The number of allylic oxidation sites excluding steroid dienone is 1. The van der Waals surface area contributed by atoms with E-state index >= 15 is 0 Å². The lowest BCUT2D eigenvalue weighted by atomic mass is 9.95. The number of para-hydroxylation sites is 2. The number of imidazole rings is 1. The van der Waals surface area contributed by atoms with Crippen molar-refractivity contribution in [2.24, 2.45) is 0 Å². The molecule has 0 aliphatic heterocycles. The predicted octanol–water partition coefficient (Wildman–Crippen LogP) is 4.21. The molecule has 0 bridgehead atoms. The van der Waals surface area contributed by atoms with Gasteiger partial charge >= 0.3 is 0 Å². The molecular formula is C18H12N2. The third-order valence-electron chi connectivity index (χ3n) is 4.18. The summed E-state index contributed by atoms with van der Waals surface area (Å²) in [6, 6.07) is 14.8. The van der Waals surface area contributed by atoms with Crippen LogP contribution in [0, 0.1) is 0 Å². The fraction of sp³-hybridized carbons (Fsp3) is 0.0556. The molecule has 1 aliphatic rings.